The number of nitrogens with zero attached hydrogens (tertiary/aromatic N) is 3. The van der Waals surface area contributed by atoms with Gasteiger partial charge in [-0.3, -0.25) is 0 Å². The molecule has 1 aromatic rings. The third-order valence-corrected chi connectivity index (χ3v) is 3.87. The lowest BCUT2D eigenvalue weighted by Crippen LogP contribution is -2.26. The van der Waals surface area contributed by atoms with Crippen LogP contribution in [0.2, 0.25) is 0 Å². The van der Waals surface area contributed by atoms with E-state index >= 15 is 0 Å². The molecule has 1 aliphatic rings. The number of amidine groups is 1. The summed E-state index contributed by atoms with van der Waals surface area (Å²) in [6, 6.07) is 2.05. The molecule has 0 radical (unpaired) electrons. The fourth-order valence-corrected chi connectivity index (χ4v) is 2.66. The summed E-state index contributed by atoms with van der Waals surface area (Å²) < 4.78 is 0. The lowest BCUT2D eigenvalue weighted by molar-refractivity contribution is 0.318. The van der Waals surface area contributed by atoms with E-state index in [1.54, 1.807) is 0 Å². The number of aryl methyl sites for hydroxylation is 2. The lowest BCUT2D eigenvalue weighted by Gasteiger charge is -2.24. The van der Waals surface area contributed by atoms with Crippen LogP contribution in [0, 0.1) is 0 Å². The van der Waals surface area contributed by atoms with Crippen molar-refractivity contribution in [2.45, 2.75) is 45.4 Å². The van der Waals surface area contributed by atoms with E-state index in [0.29, 0.717) is 0 Å². The molecule has 0 aliphatic heterocycles. The molecule has 5 nitrogen and oxygen atoms in total. The van der Waals surface area contributed by atoms with Gasteiger partial charge in [0.15, 0.2) is 5.84 Å². The molecule has 0 aromatic carbocycles. The van der Waals surface area contributed by atoms with Crippen LogP contribution in [0.1, 0.15) is 49.4 Å². The summed E-state index contributed by atoms with van der Waals surface area (Å²) in [5, 5.41) is 12.1. The van der Waals surface area contributed by atoms with E-state index in [1.165, 1.54) is 24.1 Å². The maximum Gasteiger partial charge on any atom is 0.173 e. The smallest absolute Gasteiger partial charge is 0.173 e. The lowest BCUT2D eigenvalue weighted by atomic mass is 9.94. The molecule has 2 rings (SSSR count). The third kappa shape index (κ3) is 3.03. The van der Waals surface area contributed by atoms with Crippen LogP contribution >= 0.6 is 0 Å². The van der Waals surface area contributed by atoms with Crippen molar-refractivity contribution < 1.29 is 5.21 Å². The normalized spacial score (nSPS) is 15.0. The van der Waals surface area contributed by atoms with Crippen LogP contribution in [0.15, 0.2) is 11.2 Å². The average molecular weight is 276 g/mol. The van der Waals surface area contributed by atoms with Gasteiger partial charge in [0.1, 0.15) is 5.82 Å². The summed E-state index contributed by atoms with van der Waals surface area (Å²) in [5.74, 6) is 0.971. The molecule has 1 aliphatic carbocycles. The first-order chi connectivity index (χ1) is 9.67. The molecule has 3 N–H and O–H groups in total. The van der Waals surface area contributed by atoms with Crippen LogP contribution in [0.5, 0.6) is 0 Å². The second-order valence-corrected chi connectivity index (χ2v) is 5.43. The Labute approximate surface area is 120 Å². The van der Waals surface area contributed by atoms with Gasteiger partial charge in [-0.25, -0.2) is 4.98 Å². The number of oxime groups is 1. The molecular weight excluding hydrogens is 252 g/mol. The van der Waals surface area contributed by atoms with Crippen LogP contribution in [0.3, 0.4) is 0 Å². The summed E-state index contributed by atoms with van der Waals surface area (Å²) in [6.07, 6.45) is 6.68. The number of pyridine rings is 1. The summed E-state index contributed by atoms with van der Waals surface area (Å²) in [7, 11) is 2.02. The number of aromatic nitrogens is 1. The Morgan fingerprint density at radius 3 is 2.90 bits per heavy atom. The first kappa shape index (κ1) is 14.6. The molecule has 110 valence electrons. The van der Waals surface area contributed by atoms with Gasteiger partial charge in [0.2, 0.25) is 0 Å². The topological polar surface area (TPSA) is 74.7 Å². The molecule has 0 saturated heterocycles. The zero-order chi connectivity index (χ0) is 14.5. The van der Waals surface area contributed by atoms with E-state index in [0.717, 1.165) is 43.6 Å². The van der Waals surface area contributed by atoms with Crippen molar-refractivity contribution in [3.05, 3.63) is 22.9 Å². The van der Waals surface area contributed by atoms with Gasteiger partial charge in [-0.1, -0.05) is 18.5 Å². The fourth-order valence-electron chi connectivity index (χ4n) is 2.66. The van der Waals surface area contributed by atoms with Gasteiger partial charge in [0.05, 0.1) is 5.56 Å². The van der Waals surface area contributed by atoms with Crippen LogP contribution in [0.4, 0.5) is 5.82 Å². The molecule has 0 unspecified atom stereocenters. The van der Waals surface area contributed by atoms with Crippen molar-refractivity contribution in [1.82, 2.24) is 4.98 Å². The summed E-state index contributed by atoms with van der Waals surface area (Å²) in [4.78, 5) is 6.89. The summed E-state index contributed by atoms with van der Waals surface area (Å²) >= 11 is 0. The monoisotopic (exact) mass is 276 g/mol. The zero-order valence-corrected chi connectivity index (χ0v) is 12.4. The van der Waals surface area contributed by atoms with E-state index in [9.17, 15) is 0 Å². The molecule has 5 heteroatoms. The molecule has 0 fully saturated rings. The maximum absolute atomic E-state index is 8.99. The number of hydrogen-bond acceptors (Lipinski definition) is 4. The van der Waals surface area contributed by atoms with E-state index in [2.05, 4.69) is 17.0 Å². The van der Waals surface area contributed by atoms with Crippen molar-refractivity contribution in [1.29, 1.82) is 0 Å². The van der Waals surface area contributed by atoms with Gasteiger partial charge in [-0.2, -0.15) is 0 Å². The molecule has 1 aromatic heterocycles. The average Bonchev–Trinajstić information content (AvgIpc) is 2.50. The van der Waals surface area contributed by atoms with Crippen molar-refractivity contribution in [2.24, 2.45) is 10.9 Å². The van der Waals surface area contributed by atoms with Crippen LogP contribution < -0.4 is 10.6 Å². The molecule has 1 heterocycles. The third-order valence-electron chi connectivity index (χ3n) is 3.87. The maximum atomic E-state index is 8.99. The zero-order valence-electron chi connectivity index (χ0n) is 12.4. The summed E-state index contributed by atoms with van der Waals surface area (Å²) in [6.45, 7) is 3.09. The van der Waals surface area contributed by atoms with Crippen molar-refractivity contribution in [3.63, 3.8) is 0 Å². The highest BCUT2D eigenvalue weighted by atomic mass is 16.4. The summed E-state index contributed by atoms with van der Waals surface area (Å²) in [5.41, 5.74) is 8.98. The molecule has 0 atom stereocenters. The fraction of sp³-hybridized carbons (Fsp3) is 0.600. The molecule has 0 bridgehead atoms. The first-order valence-electron chi connectivity index (χ1n) is 7.39. The Morgan fingerprint density at radius 1 is 1.45 bits per heavy atom. The molecule has 0 saturated carbocycles. The molecule has 0 spiro atoms. The molecule has 20 heavy (non-hydrogen) atoms. The van der Waals surface area contributed by atoms with Gasteiger partial charge in [0.25, 0.3) is 0 Å². The van der Waals surface area contributed by atoms with Crippen molar-refractivity contribution >= 4 is 11.7 Å². The van der Waals surface area contributed by atoms with E-state index < -0.39 is 0 Å². The van der Waals surface area contributed by atoms with Gasteiger partial charge in [0, 0.05) is 19.3 Å². The standard InChI is InChI=1S/C15H24N4O/c1-3-4-9-19(2)15-12(14(16)18-20)10-11-7-5-6-8-13(11)17-15/h10,20H,3-9H2,1-2H3,(H2,16,18). The minimum absolute atomic E-state index is 0.143. The second-order valence-electron chi connectivity index (χ2n) is 5.43. The first-order valence-corrected chi connectivity index (χ1v) is 7.39. The number of anilines is 1. The quantitative estimate of drug-likeness (QED) is 0.374. The van der Waals surface area contributed by atoms with Gasteiger partial charge >= 0.3 is 0 Å². The minimum atomic E-state index is 0.143. The van der Waals surface area contributed by atoms with E-state index in [-0.39, 0.29) is 5.84 Å². The van der Waals surface area contributed by atoms with Crippen LogP contribution in [0.25, 0.3) is 0 Å². The number of fused-ring (bicyclic) bond motifs is 1. The van der Waals surface area contributed by atoms with Crippen LogP contribution in [-0.2, 0) is 12.8 Å². The van der Waals surface area contributed by atoms with E-state index in [1.807, 2.05) is 13.1 Å². The van der Waals surface area contributed by atoms with Gasteiger partial charge in [-0.05, 0) is 43.7 Å². The Balaban J connectivity index is 2.41. The number of nitrogens with two attached hydrogens (primary N) is 1. The Morgan fingerprint density at radius 2 is 2.20 bits per heavy atom. The Bertz CT molecular complexity index is 499. The minimum Gasteiger partial charge on any atom is -0.409 e. The predicted molar refractivity (Wildman–Crippen MR) is 81.6 cm³/mol. The van der Waals surface area contributed by atoms with Crippen molar-refractivity contribution in [3.8, 4) is 0 Å². The highest BCUT2D eigenvalue weighted by Crippen LogP contribution is 2.26. The molecular formula is C15H24N4O. The van der Waals surface area contributed by atoms with Crippen LogP contribution in [-0.4, -0.2) is 29.6 Å². The van der Waals surface area contributed by atoms with E-state index in [4.69, 9.17) is 15.9 Å². The van der Waals surface area contributed by atoms with Crippen molar-refractivity contribution in [2.75, 3.05) is 18.5 Å². The molecule has 0 amide bonds. The highest BCUT2D eigenvalue weighted by molar-refractivity contribution is 6.01. The largest absolute Gasteiger partial charge is 0.409 e. The van der Waals surface area contributed by atoms with Gasteiger partial charge < -0.3 is 15.8 Å². The number of unbranched alkanes of at least 4 members (excludes halogenated alkanes) is 1. The van der Waals surface area contributed by atoms with Gasteiger partial charge in [-0.15, -0.1) is 0 Å². The predicted octanol–water partition coefficient (Wildman–Crippen LogP) is 2.29. The second kappa shape index (κ2) is 6.59. The number of hydrogen-bond donors (Lipinski definition) is 2. The number of rotatable bonds is 5. The Kier molecular flexibility index (Phi) is 4.82. The highest BCUT2D eigenvalue weighted by Gasteiger charge is 2.19. The SMILES string of the molecule is CCCCN(C)c1nc2c(cc1C(N)=NO)CCCC2. The Hall–Kier alpha value is -1.78.